The van der Waals surface area contributed by atoms with Gasteiger partial charge in [-0.05, 0) is 36.1 Å². The van der Waals surface area contributed by atoms with Crippen LogP contribution in [0.15, 0.2) is 46.9 Å². The van der Waals surface area contributed by atoms with Crippen LogP contribution in [0.1, 0.15) is 22.6 Å². The van der Waals surface area contributed by atoms with Gasteiger partial charge in [0.15, 0.2) is 11.5 Å². The molecule has 2 aromatic carbocycles. The van der Waals surface area contributed by atoms with Gasteiger partial charge in [0.2, 0.25) is 5.91 Å². The number of nitrogens with zero attached hydrogens (tertiary/aromatic N) is 1. The Morgan fingerprint density at radius 2 is 2.08 bits per heavy atom. The summed E-state index contributed by atoms with van der Waals surface area (Å²) in [5.41, 5.74) is 5.31. The molecule has 1 atom stereocenters. The van der Waals surface area contributed by atoms with E-state index in [1.54, 1.807) is 0 Å². The Morgan fingerprint density at radius 1 is 1.24 bits per heavy atom. The topological polar surface area (TPSA) is 67.2 Å². The number of fused-ring (bicyclic) bond motifs is 2. The number of hydrogen-bond donors (Lipinski definition) is 2. The zero-order valence-electron chi connectivity index (χ0n) is 14.2. The number of oxazole rings is 1. The molecule has 3 aromatic rings. The van der Waals surface area contributed by atoms with Crippen LogP contribution in [0, 0.1) is 6.92 Å². The van der Waals surface area contributed by atoms with Crippen LogP contribution in [0.2, 0.25) is 0 Å². The zero-order chi connectivity index (χ0) is 17.2. The zero-order valence-corrected chi connectivity index (χ0v) is 14.2. The molecule has 25 heavy (non-hydrogen) atoms. The number of benzene rings is 2. The van der Waals surface area contributed by atoms with E-state index in [-0.39, 0.29) is 11.9 Å². The number of nitrogens with one attached hydrogen (secondary N) is 2. The summed E-state index contributed by atoms with van der Waals surface area (Å²) < 4.78 is 5.74. The lowest BCUT2D eigenvalue weighted by Crippen LogP contribution is -2.48. The molecule has 0 spiro atoms. The minimum absolute atomic E-state index is 0.0294. The Hall–Kier alpha value is -2.66. The first-order valence-corrected chi connectivity index (χ1v) is 8.63. The van der Waals surface area contributed by atoms with Gasteiger partial charge in [-0.15, -0.1) is 0 Å². The molecule has 128 valence electrons. The van der Waals surface area contributed by atoms with E-state index in [0.29, 0.717) is 18.9 Å². The lowest BCUT2D eigenvalue weighted by atomic mass is 9.95. The van der Waals surface area contributed by atoms with E-state index in [9.17, 15) is 4.79 Å². The highest BCUT2D eigenvalue weighted by Gasteiger charge is 2.23. The summed E-state index contributed by atoms with van der Waals surface area (Å²) in [6, 6.07) is 14.0. The van der Waals surface area contributed by atoms with Crippen molar-refractivity contribution in [2.75, 3.05) is 6.54 Å². The van der Waals surface area contributed by atoms with Gasteiger partial charge in [0.25, 0.3) is 0 Å². The van der Waals surface area contributed by atoms with Gasteiger partial charge >= 0.3 is 0 Å². The smallest absolute Gasteiger partial charge is 0.237 e. The first-order chi connectivity index (χ1) is 12.2. The van der Waals surface area contributed by atoms with Gasteiger partial charge < -0.3 is 15.1 Å². The molecule has 2 heterocycles. The van der Waals surface area contributed by atoms with Crippen molar-refractivity contribution in [2.24, 2.45) is 0 Å². The Kier molecular flexibility index (Phi) is 4.24. The van der Waals surface area contributed by atoms with Gasteiger partial charge in [-0.1, -0.05) is 36.4 Å². The number of carbonyl (C=O) groups is 1. The molecule has 0 aliphatic carbocycles. The summed E-state index contributed by atoms with van der Waals surface area (Å²) in [7, 11) is 0. The van der Waals surface area contributed by atoms with Crippen LogP contribution in [-0.2, 0) is 24.2 Å². The maximum absolute atomic E-state index is 12.4. The number of carbonyl (C=O) groups excluding carboxylic acids is 1. The Morgan fingerprint density at radius 3 is 2.92 bits per heavy atom. The molecule has 2 N–H and O–H groups in total. The van der Waals surface area contributed by atoms with Crippen molar-refractivity contribution in [3.8, 4) is 0 Å². The van der Waals surface area contributed by atoms with Crippen molar-refractivity contribution < 1.29 is 9.21 Å². The van der Waals surface area contributed by atoms with E-state index in [1.807, 2.05) is 37.3 Å². The second-order valence-corrected chi connectivity index (χ2v) is 6.48. The third-order valence-electron chi connectivity index (χ3n) is 4.70. The molecule has 0 fully saturated rings. The van der Waals surface area contributed by atoms with E-state index in [1.165, 1.54) is 11.1 Å². The minimum atomic E-state index is -0.180. The molecule has 1 aromatic heterocycles. The summed E-state index contributed by atoms with van der Waals surface area (Å²) in [6.45, 7) is 3.27. The predicted octanol–water partition coefficient (Wildman–Crippen LogP) is 2.51. The van der Waals surface area contributed by atoms with Crippen molar-refractivity contribution >= 4 is 17.0 Å². The molecule has 0 radical (unpaired) electrons. The monoisotopic (exact) mass is 335 g/mol. The van der Waals surface area contributed by atoms with Crippen molar-refractivity contribution in [2.45, 2.75) is 32.4 Å². The van der Waals surface area contributed by atoms with Crippen molar-refractivity contribution in [1.82, 2.24) is 15.6 Å². The second kappa shape index (κ2) is 6.69. The van der Waals surface area contributed by atoms with E-state index >= 15 is 0 Å². The Labute approximate surface area is 146 Å². The normalized spacial score (nSPS) is 16.6. The molecule has 0 bridgehead atoms. The first-order valence-electron chi connectivity index (χ1n) is 8.63. The molecule has 0 saturated carbocycles. The maximum Gasteiger partial charge on any atom is 0.237 e. The molecule has 4 rings (SSSR count). The number of para-hydroxylation sites is 1. The molecule has 0 saturated heterocycles. The fourth-order valence-corrected chi connectivity index (χ4v) is 3.29. The van der Waals surface area contributed by atoms with Gasteiger partial charge in [-0.2, -0.15) is 0 Å². The number of aryl methyl sites for hydroxylation is 1. The summed E-state index contributed by atoms with van der Waals surface area (Å²) >= 11 is 0. The third kappa shape index (κ3) is 3.28. The Bertz CT molecular complexity index is 916. The fourth-order valence-electron chi connectivity index (χ4n) is 3.29. The molecular formula is C20H21N3O2. The van der Waals surface area contributed by atoms with E-state index in [4.69, 9.17) is 4.42 Å². The largest absolute Gasteiger partial charge is 0.441 e. The second-order valence-electron chi connectivity index (χ2n) is 6.48. The summed E-state index contributed by atoms with van der Waals surface area (Å²) in [4.78, 5) is 16.9. The molecular weight excluding hydrogens is 314 g/mol. The molecule has 1 aliphatic heterocycles. The van der Waals surface area contributed by atoms with E-state index < -0.39 is 0 Å². The molecule has 5 nitrogen and oxygen atoms in total. The van der Waals surface area contributed by atoms with Gasteiger partial charge in [0.1, 0.15) is 5.52 Å². The molecule has 1 aliphatic rings. The molecule has 1 amide bonds. The average molecular weight is 335 g/mol. The highest BCUT2D eigenvalue weighted by molar-refractivity contribution is 5.82. The Balaban J connectivity index is 1.34. The van der Waals surface area contributed by atoms with E-state index in [0.717, 1.165) is 29.6 Å². The van der Waals surface area contributed by atoms with Crippen LogP contribution in [0.25, 0.3) is 11.1 Å². The van der Waals surface area contributed by atoms with Crippen molar-refractivity contribution in [3.63, 3.8) is 0 Å². The van der Waals surface area contributed by atoms with Crippen LogP contribution in [0.3, 0.4) is 0 Å². The minimum Gasteiger partial charge on any atom is -0.441 e. The standard InChI is InChI=1S/C20H21N3O2/c1-13-5-4-8-17-19(13)23-18(25-17)9-10-21-20(24)16-11-14-6-2-3-7-15(14)12-22-16/h2-8,16,22H,9-12H2,1H3,(H,21,24). The highest BCUT2D eigenvalue weighted by Crippen LogP contribution is 2.19. The van der Waals surface area contributed by atoms with Crippen LogP contribution in [0.4, 0.5) is 0 Å². The van der Waals surface area contributed by atoms with Gasteiger partial charge in [0.05, 0.1) is 6.04 Å². The summed E-state index contributed by atoms with van der Waals surface area (Å²) in [5.74, 6) is 0.688. The highest BCUT2D eigenvalue weighted by atomic mass is 16.3. The molecule has 5 heteroatoms. The maximum atomic E-state index is 12.4. The fraction of sp³-hybridized carbons (Fsp3) is 0.300. The average Bonchev–Trinajstić information content (AvgIpc) is 3.05. The van der Waals surface area contributed by atoms with Crippen LogP contribution in [0.5, 0.6) is 0 Å². The van der Waals surface area contributed by atoms with Crippen LogP contribution >= 0.6 is 0 Å². The van der Waals surface area contributed by atoms with Crippen molar-refractivity contribution in [1.29, 1.82) is 0 Å². The third-order valence-corrected chi connectivity index (χ3v) is 4.70. The predicted molar refractivity (Wildman–Crippen MR) is 96.2 cm³/mol. The molecule has 1 unspecified atom stereocenters. The van der Waals surface area contributed by atoms with E-state index in [2.05, 4.69) is 27.8 Å². The van der Waals surface area contributed by atoms with Crippen LogP contribution < -0.4 is 10.6 Å². The van der Waals surface area contributed by atoms with Gasteiger partial charge in [-0.3, -0.25) is 4.79 Å². The summed E-state index contributed by atoms with van der Waals surface area (Å²) in [6.07, 6.45) is 1.31. The first kappa shape index (κ1) is 15.8. The van der Waals surface area contributed by atoms with Crippen molar-refractivity contribution in [3.05, 3.63) is 65.0 Å². The van der Waals surface area contributed by atoms with Crippen LogP contribution in [-0.4, -0.2) is 23.5 Å². The number of aromatic nitrogens is 1. The van der Waals surface area contributed by atoms with Gasteiger partial charge in [0, 0.05) is 19.5 Å². The number of rotatable bonds is 4. The number of hydrogen-bond acceptors (Lipinski definition) is 4. The SMILES string of the molecule is Cc1cccc2oc(CCNC(=O)C3Cc4ccccc4CN3)nc12. The van der Waals surface area contributed by atoms with Gasteiger partial charge in [-0.25, -0.2) is 4.98 Å². The lowest BCUT2D eigenvalue weighted by Gasteiger charge is -2.25. The lowest BCUT2D eigenvalue weighted by molar-refractivity contribution is -0.123. The summed E-state index contributed by atoms with van der Waals surface area (Å²) in [5, 5.41) is 6.29. The quantitative estimate of drug-likeness (QED) is 0.769. The number of amides is 1.